The summed E-state index contributed by atoms with van der Waals surface area (Å²) in [6, 6.07) is 0.598. The number of halogens is 2. The molecule has 1 aliphatic rings. The summed E-state index contributed by atoms with van der Waals surface area (Å²) in [5.41, 5.74) is -1.76. The van der Waals surface area contributed by atoms with Crippen LogP contribution in [0, 0.1) is 21.7 Å². The molecule has 0 saturated carbocycles. The summed E-state index contributed by atoms with van der Waals surface area (Å²) in [6.07, 6.45) is 1.19. The minimum atomic E-state index is -1.36. The van der Waals surface area contributed by atoms with Gasteiger partial charge in [0.1, 0.15) is 5.82 Å². The number of aliphatic hydroxyl groups excluding tert-OH is 1. The molecule has 0 unspecified atom stereocenters. The standard InChI is InChI=1S/C12H12F2N2O4/c13-7-4-9(11(14)10(5-7)16(19)20)12(18)15-3-1-2-8(15)6-17/h4-5,8,17H,1-3,6H2/t8-/m1/s1. The minimum absolute atomic E-state index is 0.287. The smallest absolute Gasteiger partial charge is 0.308 e. The monoisotopic (exact) mass is 286 g/mol. The largest absolute Gasteiger partial charge is 0.394 e. The average molecular weight is 286 g/mol. The van der Waals surface area contributed by atoms with Crippen molar-refractivity contribution in [1.82, 2.24) is 4.90 Å². The lowest BCUT2D eigenvalue weighted by molar-refractivity contribution is -0.387. The molecule has 108 valence electrons. The number of likely N-dealkylation sites (tertiary alicyclic amines) is 1. The zero-order chi connectivity index (χ0) is 14.9. The lowest BCUT2D eigenvalue weighted by atomic mass is 10.1. The third-order valence-corrected chi connectivity index (χ3v) is 3.29. The fourth-order valence-corrected chi connectivity index (χ4v) is 2.31. The first-order valence-corrected chi connectivity index (χ1v) is 6.01. The summed E-state index contributed by atoms with van der Waals surface area (Å²) in [7, 11) is 0. The number of aliphatic hydroxyl groups is 1. The van der Waals surface area contributed by atoms with E-state index in [1.807, 2.05) is 0 Å². The first-order valence-electron chi connectivity index (χ1n) is 6.01. The molecule has 0 aliphatic carbocycles. The van der Waals surface area contributed by atoms with Crippen molar-refractivity contribution in [2.45, 2.75) is 18.9 Å². The number of nitro benzene ring substituents is 1. The van der Waals surface area contributed by atoms with Crippen LogP contribution in [0.2, 0.25) is 0 Å². The van der Waals surface area contributed by atoms with Gasteiger partial charge in [0, 0.05) is 6.54 Å². The van der Waals surface area contributed by atoms with Crippen LogP contribution in [-0.4, -0.2) is 40.0 Å². The predicted molar refractivity (Wildman–Crippen MR) is 64.2 cm³/mol. The van der Waals surface area contributed by atoms with Crippen LogP contribution in [0.3, 0.4) is 0 Å². The maximum atomic E-state index is 13.9. The van der Waals surface area contributed by atoms with Crippen LogP contribution in [-0.2, 0) is 0 Å². The van der Waals surface area contributed by atoms with E-state index >= 15 is 0 Å². The lowest BCUT2D eigenvalue weighted by Gasteiger charge is -2.23. The van der Waals surface area contributed by atoms with Crippen LogP contribution in [0.4, 0.5) is 14.5 Å². The summed E-state index contributed by atoms with van der Waals surface area (Å²) in [5.74, 6) is -3.26. The Bertz CT molecular complexity index is 565. The number of benzene rings is 1. The Kier molecular flexibility index (Phi) is 3.93. The quantitative estimate of drug-likeness (QED) is 0.673. The number of carbonyl (C=O) groups is 1. The van der Waals surface area contributed by atoms with Crippen LogP contribution in [0.25, 0.3) is 0 Å². The molecule has 1 atom stereocenters. The van der Waals surface area contributed by atoms with E-state index in [1.165, 1.54) is 4.90 Å². The zero-order valence-electron chi connectivity index (χ0n) is 10.4. The van der Waals surface area contributed by atoms with Gasteiger partial charge in [0.05, 0.1) is 29.2 Å². The molecule has 0 spiro atoms. The summed E-state index contributed by atoms with van der Waals surface area (Å²) < 4.78 is 27.2. The normalized spacial score (nSPS) is 18.4. The van der Waals surface area contributed by atoms with Gasteiger partial charge in [-0.05, 0) is 18.9 Å². The van der Waals surface area contributed by atoms with Crippen LogP contribution in [0.15, 0.2) is 12.1 Å². The molecule has 1 amide bonds. The Labute approximate surface area is 112 Å². The van der Waals surface area contributed by atoms with E-state index in [4.69, 9.17) is 5.11 Å². The highest BCUT2D eigenvalue weighted by atomic mass is 19.1. The Morgan fingerprint density at radius 2 is 2.20 bits per heavy atom. The molecule has 8 heteroatoms. The topological polar surface area (TPSA) is 83.7 Å². The molecule has 1 heterocycles. The number of amides is 1. The highest BCUT2D eigenvalue weighted by Crippen LogP contribution is 2.26. The third-order valence-electron chi connectivity index (χ3n) is 3.29. The van der Waals surface area contributed by atoms with E-state index in [9.17, 15) is 23.7 Å². The summed E-state index contributed by atoms with van der Waals surface area (Å²) in [4.78, 5) is 22.9. The fourth-order valence-electron chi connectivity index (χ4n) is 2.31. The highest BCUT2D eigenvalue weighted by Gasteiger charge is 2.33. The maximum Gasteiger partial charge on any atom is 0.308 e. The molecule has 1 saturated heterocycles. The Balaban J connectivity index is 2.42. The maximum absolute atomic E-state index is 13.9. The second-order valence-electron chi connectivity index (χ2n) is 4.52. The van der Waals surface area contributed by atoms with Crippen LogP contribution >= 0.6 is 0 Å². The molecule has 1 aromatic rings. The Morgan fingerprint density at radius 3 is 2.80 bits per heavy atom. The summed E-state index contributed by atoms with van der Waals surface area (Å²) in [6.45, 7) is 0.0125. The molecule has 1 N–H and O–H groups in total. The van der Waals surface area contributed by atoms with E-state index in [0.717, 1.165) is 0 Å². The summed E-state index contributed by atoms with van der Waals surface area (Å²) in [5, 5.41) is 19.8. The number of rotatable bonds is 3. The molecule has 1 fully saturated rings. The average Bonchev–Trinajstić information content (AvgIpc) is 2.88. The SMILES string of the molecule is O=C(c1cc(F)cc([N+](=O)[O-])c1F)N1CCC[C@@H]1CO. The highest BCUT2D eigenvalue weighted by molar-refractivity contribution is 5.95. The molecule has 0 bridgehead atoms. The van der Waals surface area contributed by atoms with E-state index in [-0.39, 0.29) is 6.61 Å². The van der Waals surface area contributed by atoms with Crippen LogP contribution < -0.4 is 0 Å². The molecule has 20 heavy (non-hydrogen) atoms. The molecule has 1 aliphatic heterocycles. The number of carbonyl (C=O) groups excluding carboxylic acids is 1. The Morgan fingerprint density at radius 1 is 1.50 bits per heavy atom. The molecule has 0 aromatic heterocycles. The van der Waals surface area contributed by atoms with Gasteiger partial charge in [-0.1, -0.05) is 0 Å². The van der Waals surface area contributed by atoms with Crippen molar-refractivity contribution in [3.63, 3.8) is 0 Å². The van der Waals surface area contributed by atoms with Gasteiger partial charge >= 0.3 is 5.69 Å². The van der Waals surface area contributed by atoms with E-state index < -0.39 is 39.8 Å². The molecule has 1 aromatic carbocycles. The third kappa shape index (κ3) is 2.46. The minimum Gasteiger partial charge on any atom is -0.394 e. The van der Waals surface area contributed by atoms with Gasteiger partial charge in [-0.15, -0.1) is 0 Å². The number of hydrogen-bond donors (Lipinski definition) is 1. The predicted octanol–water partition coefficient (Wildman–Crippen LogP) is 1.47. The second-order valence-corrected chi connectivity index (χ2v) is 4.52. The fraction of sp³-hybridized carbons (Fsp3) is 0.417. The lowest BCUT2D eigenvalue weighted by Crippen LogP contribution is -2.38. The molecular weight excluding hydrogens is 274 g/mol. The van der Waals surface area contributed by atoms with Crippen molar-refractivity contribution < 1.29 is 23.6 Å². The van der Waals surface area contributed by atoms with Gasteiger partial charge in [0.15, 0.2) is 0 Å². The van der Waals surface area contributed by atoms with Gasteiger partial charge in [-0.2, -0.15) is 4.39 Å². The van der Waals surface area contributed by atoms with Crippen molar-refractivity contribution in [1.29, 1.82) is 0 Å². The molecule has 2 rings (SSSR count). The number of nitro groups is 1. The number of nitrogens with zero attached hydrogens (tertiary/aromatic N) is 2. The van der Waals surface area contributed by atoms with Crippen molar-refractivity contribution in [3.05, 3.63) is 39.4 Å². The van der Waals surface area contributed by atoms with E-state index in [1.54, 1.807) is 0 Å². The van der Waals surface area contributed by atoms with E-state index in [2.05, 4.69) is 0 Å². The molecule has 0 radical (unpaired) electrons. The summed E-state index contributed by atoms with van der Waals surface area (Å²) >= 11 is 0. The first-order chi connectivity index (χ1) is 9.45. The zero-order valence-corrected chi connectivity index (χ0v) is 10.4. The van der Waals surface area contributed by atoms with Crippen molar-refractivity contribution in [2.24, 2.45) is 0 Å². The van der Waals surface area contributed by atoms with Crippen molar-refractivity contribution in [3.8, 4) is 0 Å². The van der Waals surface area contributed by atoms with Gasteiger partial charge in [0.2, 0.25) is 5.82 Å². The Hall–Kier alpha value is -2.09. The van der Waals surface area contributed by atoms with Crippen LogP contribution in [0.1, 0.15) is 23.2 Å². The second kappa shape index (κ2) is 5.49. The molecule has 6 nitrogen and oxygen atoms in total. The molecular formula is C12H12F2N2O4. The van der Waals surface area contributed by atoms with Gasteiger partial charge in [0.25, 0.3) is 5.91 Å². The van der Waals surface area contributed by atoms with Crippen molar-refractivity contribution >= 4 is 11.6 Å². The van der Waals surface area contributed by atoms with Crippen LogP contribution in [0.5, 0.6) is 0 Å². The van der Waals surface area contributed by atoms with E-state index in [0.29, 0.717) is 31.5 Å². The van der Waals surface area contributed by atoms with Gasteiger partial charge in [-0.25, -0.2) is 4.39 Å². The van der Waals surface area contributed by atoms with Gasteiger partial charge < -0.3 is 10.0 Å². The van der Waals surface area contributed by atoms with Crippen molar-refractivity contribution in [2.75, 3.05) is 13.2 Å². The number of hydrogen-bond acceptors (Lipinski definition) is 4. The van der Waals surface area contributed by atoms with Gasteiger partial charge in [-0.3, -0.25) is 14.9 Å². The first kappa shape index (κ1) is 14.3.